The largest absolute Gasteiger partial charge is 0.462 e. The van der Waals surface area contributed by atoms with Crippen molar-refractivity contribution in [1.82, 2.24) is 0 Å². The van der Waals surface area contributed by atoms with Gasteiger partial charge < -0.3 is 19.3 Å². The normalized spacial score (nSPS) is 12.8. The first-order chi connectivity index (χ1) is 10.9. The molecule has 0 aliphatic heterocycles. The molecular weight excluding hydrogens is 304 g/mol. The number of aliphatic hydroxyl groups is 1. The minimum Gasteiger partial charge on any atom is -0.462 e. The maximum Gasteiger partial charge on any atom is 0.330 e. The van der Waals surface area contributed by atoms with E-state index in [0.29, 0.717) is 19.3 Å². The first-order valence-electron chi connectivity index (χ1n) is 7.75. The second kappa shape index (κ2) is 12.6. The van der Waals surface area contributed by atoms with E-state index < -0.39 is 24.0 Å². The Kier molecular flexibility index (Phi) is 11.6. The average Bonchev–Trinajstić information content (AvgIpc) is 2.55. The number of hydrogen-bond acceptors (Lipinski definition) is 7. The molecule has 0 aromatic rings. The summed E-state index contributed by atoms with van der Waals surface area (Å²) in [4.78, 5) is 33.8. The Bertz CT molecular complexity index is 392. The molecule has 7 heteroatoms. The van der Waals surface area contributed by atoms with Crippen LogP contribution in [0.1, 0.15) is 46.0 Å². The van der Waals surface area contributed by atoms with E-state index in [4.69, 9.17) is 9.47 Å². The van der Waals surface area contributed by atoms with Crippen LogP contribution in [0.4, 0.5) is 0 Å². The standard InChI is InChI=1S/C16H26O7/c1-4-12(17)11-13(5-2)23-16(20)8-7-15(19)22-10-9-21-14(18)6-3/h6,12-13,17H,3-5,7-11H2,1-2H3. The number of rotatable bonds is 12. The SMILES string of the molecule is C=CC(=O)OCCOC(=O)CCC(=O)OC(CC)CC(O)CC. The van der Waals surface area contributed by atoms with Crippen molar-refractivity contribution in [2.75, 3.05) is 13.2 Å². The number of carbonyl (C=O) groups is 3. The van der Waals surface area contributed by atoms with E-state index in [9.17, 15) is 19.5 Å². The Morgan fingerprint density at radius 3 is 2.22 bits per heavy atom. The number of aliphatic hydroxyl groups excluding tert-OH is 1. The van der Waals surface area contributed by atoms with Gasteiger partial charge in [0.15, 0.2) is 0 Å². The van der Waals surface area contributed by atoms with Crippen LogP contribution in [0.2, 0.25) is 0 Å². The van der Waals surface area contributed by atoms with Gasteiger partial charge in [-0.05, 0) is 12.8 Å². The zero-order valence-electron chi connectivity index (χ0n) is 13.8. The van der Waals surface area contributed by atoms with Gasteiger partial charge in [-0.2, -0.15) is 0 Å². The van der Waals surface area contributed by atoms with Crippen molar-refractivity contribution in [2.45, 2.75) is 58.2 Å². The number of hydrogen-bond donors (Lipinski definition) is 1. The molecule has 0 radical (unpaired) electrons. The lowest BCUT2D eigenvalue weighted by molar-refractivity contribution is -0.155. The number of ether oxygens (including phenoxy) is 3. The van der Waals surface area contributed by atoms with Crippen LogP contribution in [0.3, 0.4) is 0 Å². The first kappa shape index (κ1) is 21.1. The molecule has 0 saturated carbocycles. The van der Waals surface area contributed by atoms with Crippen molar-refractivity contribution < 1.29 is 33.7 Å². The smallest absolute Gasteiger partial charge is 0.330 e. The van der Waals surface area contributed by atoms with Crippen molar-refractivity contribution >= 4 is 17.9 Å². The van der Waals surface area contributed by atoms with Gasteiger partial charge in [-0.15, -0.1) is 0 Å². The van der Waals surface area contributed by atoms with E-state index in [2.05, 4.69) is 11.3 Å². The Labute approximate surface area is 136 Å². The molecule has 0 aromatic heterocycles. The minimum absolute atomic E-state index is 0.0617. The predicted molar refractivity (Wildman–Crippen MR) is 82.4 cm³/mol. The van der Waals surface area contributed by atoms with Gasteiger partial charge in [0, 0.05) is 12.5 Å². The Balaban J connectivity index is 3.87. The molecule has 7 nitrogen and oxygen atoms in total. The zero-order chi connectivity index (χ0) is 17.7. The molecule has 0 aromatic carbocycles. The van der Waals surface area contributed by atoms with Crippen LogP contribution in [-0.4, -0.2) is 48.4 Å². The van der Waals surface area contributed by atoms with E-state index >= 15 is 0 Å². The van der Waals surface area contributed by atoms with Crippen LogP contribution >= 0.6 is 0 Å². The van der Waals surface area contributed by atoms with Gasteiger partial charge in [-0.25, -0.2) is 4.79 Å². The summed E-state index contributed by atoms with van der Waals surface area (Å²) in [6.07, 6.45) is 1.53. The Morgan fingerprint density at radius 2 is 1.65 bits per heavy atom. The van der Waals surface area contributed by atoms with E-state index in [1.54, 1.807) is 0 Å². The third-order valence-electron chi connectivity index (χ3n) is 3.05. The predicted octanol–water partition coefficient (Wildman–Crippen LogP) is 1.52. The van der Waals surface area contributed by atoms with Crippen LogP contribution in [0.25, 0.3) is 0 Å². The molecule has 0 fully saturated rings. The molecular formula is C16H26O7. The lowest BCUT2D eigenvalue weighted by atomic mass is 10.1. The average molecular weight is 330 g/mol. The lowest BCUT2D eigenvalue weighted by Gasteiger charge is -2.18. The molecule has 2 unspecified atom stereocenters. The maximum atomic E-state index is 11.7. The highest BCUT2D eigenvalue weighted by molar-refractivity contribution is 5.81. The van der Waals surface area contributed by atoms with Crippen molar-refractivity contribution in [2.24, 2.45) is 0 Å². The molecule has 0 aliphatic carbocycles. The quantitative estimate of drug-likeness (QED) is 0.251. The molecule has 23 heavy (non-hydrogen) atoms. The fraction of sp³-hybridized carbons (Fsp3) is 0.688. The highest BCUT2D eigenvalue weighted by atomic mass is 16.6. The van der Waals surface area contributed by atoms with E-state index in [0.717, 1.165) is 6.08 Å². The summed E-state index contributed by atoms with van der Waals surface area (Å²) in [6, 6.07) is 0. The van der Waals surface area contributed by atoms with Gasteiger partial charge in [0.2, 0.25) is 0 Å². The van der Waals surface area contributed by atoms with Crippen LogP contribution < -0.4 is 0 Å². The van der Waals surface area contributed by atoms with Crippen LogP contribution in [0.5, 0.6) is 0 Å². The monoisotopic (exact) mass is 330 g/mol. The minimum atomic E-state index is -0.593. The van der Waals surface area contributed by atoms with Crippen molar-refractivity contribution in [3.63, 3.8) is 0 Å². The van der Waals surface area contributed by atoms with Gasteiger partial charge in [0.05, 0.1) is 18.9 Å². The second-order valence-electron chi connectivity index (χ2n) is 4.91. The van der Waals surface area contributed by atoms with Gasteiger partial charge in [0.25, 0.3) is 0 Å². The summed E-state index contributed by atoms with van der Waals surface area (Å²) in [5.41, 5.74) is 0. The molecule has 0 saturated heterocycles. The topological polar surface area (TPSA) is 99.1 Å². The molecule has 0 aliphatic rings. The van der Waals surface area contributed by atoms with Gasteiger partial charge >= 0.3 is 17.9 Å². The van der Waals surface area contributed by atoms with E-state index in [1.165, 1.54) is 0 Å². The van der Waals surface area contributed by atoms with E-state index in [-0.39, 0.29) is 32.2 Å². The van der Waals surface area contributed by atoms with Gasteiger partial charge in [0.1, 0.15) is 19.3 Å². The molecule has 2 atom stereocenters. The fourth-order valence-corrected chi connectivity index (χ4v) is 1.65. The second-order valence-corrected chi connectivity index (χ2v) is 4.91. The summed E-state index contributed by atoms with van der Waals surface area (Å²) >= 11 is 0. The fourth-order valence-electron chi connectivity index (χ4n) is 1.65. The van der Waals surface area contributed by atoms with Gasteiger partial charge in [-0.3, -0.25) is 9.59 Å². The summed E-state index contributed by atoms with van der Waals surface area (Å²) in [6.45, 7) is 6.80. The third kappa shape index (κ3) is 11.3. The summed E-state index contributed by atoms with van der Waals surface area (Å²) in [7, 11) is 0. The first-order valence-corrected chi connectivity index (χ1v) is 7.75. The van der Waals surface area contributed by atoms with Crippen LogP contribution in [-0.2, 0) is 28.6 Å². The molecule has 1 N–H and O–H groups in total. The highest BCUT2D eigenvalue weighted by Crippen LogP contribution is 2.11. The summed E-state index contributed by atoms with van der Waals surface area (Å²) in [5, 5.41) is 9.56. The number of carbonyl (C=O) groups excluding carboxylic acids is 3. The summed E-state index contributed by atoms with van der Waals surface area (Å²) in [5.74, 6) is -1.67. The van der Waals surface area contributed by atoms with Crippen molar-refractivity contribution in [1.29, 1.82) is 0 Å². The Hall–Kier alpha value is -1.89. The zero-order valence-corrected chi connectivity index (χ0v) is 13.8. The summed E-state index contributed by atoms with van der Waals surface area (Å²) < 4.78 is 14.6. The molecule has 132 valence electrons. The van der Waals surface area contributed by atoms with E-state index in [1.807, 2.05) is 13.8 Å². The van der Waals surface area contributed by atoms with Crippen LogP contribution in [0.15, 0.2) is 12.7 Å². The third-order valence-corrected chi connectivity index (χ3v) is 3.05. The molecule has 0 heterocycles. The molecule has 0 rings (SSSR count). The maximum absolute atomic E-state index is 11.7. The lowest BCUT2D eigenvalue weighted by Crippen LogP contribution is -2.23. The van der Waals surface area contributed by atoms with Crippen molar-refractivity contribution in [3.8, 4) is 0 Å². The molecule has 0 bridgehead atoms. The molecule has 0 amide bonds. The van der Waals surface area contributed by atoms with Crippen molar-refractivity contribution in [3.05, 3.63) is 12.7 Å². The van der Waals surface area contributed by atoms with Crippen LogP contribution in [0, 0.1) is 0 Å². The molecule has 0 spiro atoms. The van der Waals surface area contributed by atoms with Gasteiger partial charge in [-0.1, -0.05) is 20.4 Å². The Morgan fingerprint density at radius 1 is 1.04 bits per heavy atom. The highest BCUT2D eigenvalue weighted by Gasteiger charge is 2.17. The number of esters is 3.